The molecule has 31 heavy (non-hydrogen) atoms. The van der Waals surface area contributed by atoms with E-state index in [1.165, 1.54) is 11.3 Å². The zero-order valence-electron chi connectivity index (χ0n) is 16.9. The van der Waals surface area contributed by atoms with Crippen molar-refractivity contribution in [2.75, 3.05) is 18.1 Å². The Bertz CT molecular complexity index is 1130. The third-order valence-electron chi connectivity index (χ3n) is 4.73. The number of thiazole rings is 1. The second-order valence-electron chi connectivity index (χ2n) is 6.82. The van der Waals surface area contributed by atoms with Gasteiger partial charge >= 0.3 is 0 Å². The van der Waals surface area contributed by atoms with Crippen molar-refractivity contribution >= 4 is 56.6 Å². The Balaban J connectivity index is 0.00000272. The highest BCUT2D eigenvalue weighted by Crippen LogP contribution is 2.33. The van der Waals surface area contributed by atoms with E-state index in [1.807, 2.05) is 60.2 Å². The van der Waals surface area contributed by atoms with Crippen molar-refractivity contribution in [3.05, 3.63) is 71.8 Å². The lowest BCUT2D eigenvalue weighted by atomic mass is 10.2. The molecule has 0 spiro atoms. The molecule has 2 aromatic heterocycles. The molecule has 0 atom stereocenters. The molecule has 1 amide bonds. The number of imidazole rings is 1. The van der Waals surface area contributed by atoms with E-state index in [1.54, 1.807) is 17.4 Å². The van der Waals surface area contributed by atoms with Crippen LogP contribution in [0, 0.1) is 6.92 Å². The molecule has 0 N–H and O–H groups in total. The highest BCUT2D eigenvalue weighted by molar-refractivity contribution is 7.22. The normalized spacial score (nSPS) is 10.6. The first-order valence-electron chi connectivity index (χ1n) is 9.61. The number of rotatable bonds is 8. The van der Waals surface area contributed by atoms with Crippen LogP contribution in [0.4, 0.5) is 5.13 Å². The average Bonchev–Trinajstić information content (AvgIpc) is 3.43. The largest absolute Gasteiger partial charge is 0.484 e. The number of hydrogen-bond acceptors (Lipinski definition) is 5. The molecule has 0 aliphatic carbocycles. The molecular weight excluding hydrogens is 455 g/mol. The number of nitrogens with zero attached hydrogens (tertiary/aromatic N) is 4. The number of aromatic nitrogens is 3. The minimum Gasteiger partial charge on any atom is -0.484 e. The molecule has 0 bridgehead atoms. The van der Waals surface area contributed by atoms with Crippen LogP contribution in [-0.2, 0) is 11.3 Å². The molecular formula is C22H22Cl2N4O2S. The van der Waals surface area contributed by atoms with Crippen LogP contribution in [0.1, 0.15) is 12.0 Å². The maximum Gasteiger partial charge on any atom is 0.266 e. The average molecular weight is 477 g/mol. The van der Waals surface area contributed by atoms with Crippen LogP contribution in [0.5, 0.6) is 5.75 Å². The van der Waals surface area contributed by atoms with Crippen LogP contribution >= 0.6 is 35.3 Å². The predicted molar refractivity (Wildman–Crippen MR) is 128 cm³/mol. The fourth-order valence-electron chi connectivity index (χ4n) is 3.10. The summed E-state index contributed by atoms with van der Waals surface area (Å²) in [4.78, 5) is 23.6. The Labute approximate surface area is 195 Å². The number of carbonyl (C=O) groups is 1. The Morgan fingerprint density at radius 3 is 2.77 bits per heavy atom. The number of fused-ring (bicyclic) bond motifs is 1. The number of halogens is 2. The number of benzene rings is 2. The zero-order valence-corrected chi connectivity index (χ0v) is 19.3. The Morgan fingerprint density at radius 1 is 1.23 bits per heavy atom. The molecule has 0 saturated carbocycles. The molecule has 0 aliphatic rings. The number of para-hydroxylation sites is 1. The molecule has 6 nitrogen and oxygen atoms in total. The fraction of sp³-hybridized carbons (Fsp3) is 0.227. The third-order valence-corrected chi connectivity index (χ3v) is 6.18. The Morgan fingerprint density at radius 2 is 2.03 bits per heavy atom. The van der Waals surface area contributed by atoms with Crippen molar-refractivity contribution < 1.29 is 9.53 Å². The summed E-state index contributed by atoms with van der Waals surface area (Å²) in [7, 11) is 0. The highest BCUT2D eigenvalue weighted by Gasteiger charge is 2.21. The summed E-state index contributed by atoms with van der Waals surface area (Å²) in [5, 5.41) is 1.33. The number of hydrogen-bond donors (Lipinski definition) is 0. The van der Waals surface area contributed by atoms with Crippen molar-refractivity contribution in [2.24, 2.45) is 0 Å². The van der Waals surface area contributed by atoms with E-state index in [4.69, 9.17) is 21.3 Å². The Hall–Kier alpha value is -2.61. The van der Waals surface area contributed by atoms with Gasteiger partial charge in [-0.05, 0) is 43.2 Å². The van der Waals surface area contributed by atoms with Gasteiger partial charge in [-0.25, -0.2) is 9.97 Å². The minimum absolute atomic E-state index is 0. The van der Waals surface area contributed by atoms with E-state index in [0.717, 1.165) is 28.7 Å². The molecule has 0 saturated heterocycles. The number of amides is 1. The zero-order chi connectivity index (χ0) is 20.9. The van der Waals surface area contributed by atoms with Gasteiger partial charge in [-0.1, -0.05) is 41.1 Å². The predicted octanol–water partition coefficient (Wildman–Crippen LogP) is 5.38. The van der Waals surface area contributed by atoms with Crippen LogP contribution in [0.3, 0.4) is 0 Å². The van der Waals surface area contributed by atoms with E-state index in [2.05, 4.69) is 4.98 Å². The smallest absolute Gasteiger partial charge is 0.266 e. The van der Waals surface area contributed by atoms with E-state index in [-0.39, 0.29) is 24.9 Å². The molecule has 4 aromatic rings. The van der Waals surface area contributed by atoms with Crippen molar-refractivity contribution in [1.29, 1.82) is 0 Å². The van der Waals surface area contributed by atoms with Gasteiger partial charge in [0, 0.05) is 30.5 Å². The van der Waals surface area contributed by atoms with Crippen molar-refractivity contribution in [2.45, 2.75) is 19.9 Å². The van der Waals surface area contributed by atoms with E-state index in [0.29, 0.717) is 22.4 Å². The minimum atomic E-state index is -0.132. The molecule has 0 unspecified atom stereocenters. The van der Waals surface area contributed by atoms with Gasteiger partial charge in [-0.2, -0.15) is 0 Å². The van der Waals surface area contributed by atoms with Crippen molar-refractivity contribution in [3.63, 3.8) is 0 Å². The standard InChI is InChI=1S/C22H21ClN4O2S.ClH/c1-16-18(23)8-9-19-21(16)25-22(30-19)27(12-5-11-26-13-10-24-15-26)20(28)14-29-17-6-3-2-4-7-17;/h2-4,6-10,13,15H,5,11-12,14H2,1H3;1H. The van der Waals surface area contributed by atoms with Gasteiger partial charge in [-0.3, -0.25) is 9.69 Å². The summed E-state index contributed by atoms with van der Waals surface area (Å²) in [6.07, 6.45) is 6.20. The van der Waals surface area contributed by atoms with E-state index in [9.17, 15) is 4.79 Å². The number of anilines is 1. The van der Waals surface area contributed by atoms with E-state index >= 15 is 0 Å². The van der Waals surface area contributed by atoms with Gasteiger partial charge in [0.25, 0.3) is 5.91 Å². The van der Waals surface area contributed by atoms with Crippen LogP contribution in [0.25, 0.3) is 10.2 Å². The number of aryl methyl sites for hydroxylation is 2. The lowest BCUT2D eigenvalue weighted by Gasteiger charge is -2.20. The first kappa shape index (κ1) is 23.1. The second kappa shape index (κ2) is 10.6. The monoisotopic (exact) mass is 476 g/mol. The van der Waals surface area contributed by atoms with Gasteiger partial charge < -0.3 is 9.30 Å². The van der Waals surface area contributed by atoms with Crippen LogP contribution in [0.15, 0.2) is 61.2 Å². The van der Waals surface area contributed by atoms with Gasteiger partial charge in [0.15, 0.2) is 11.7 Å². The van der Waals surface area contributed by atoms with Crippen LogP contribution in [0.2, 0.25) is 5.02 Å². The van der Waals surface area contributed by atoms with Crippen LogP contribution in [-0.4, -0.2) is 33.6 Å². The molecule has 0 aliphatic heterocycles. The topological polar surface area (TPSA) is 60.2 Å². The van der Waals surface area contributed by atoms with Gasteiger partial charge in [0.1, 0.15) is 5.75 Å². The maximum atomic E-state index is 13.1. The van der Waals surface area contributed by atoms with Crippen molar-refractivity contribution in [1.82, 2.24) is 14.5 Å². The molecule has 2 aromatic carbocycles. The quantitative estimate of drug-likeness (QED) is 0.342. The maximum absolute atomic E-state index is 13.1. The first-order chi connectivity index (χ1) is 14.6. The molecule has 0 fully saturated rings. The first-order valence-corrected chi connectivity index (χ1v) is 10.8. The molecule has 9 heteroatoms. The third kappa shape index (κ3) is 5.55. The Kier molecular flexibility index (Phi) is 7.90. The molecule has 2 heterocycles. The number of carbonyl (C=O) groups excluding carboxylic acids is 1. The van der Waals surface area contributed by atoms with Gasteiger partial charge in [-0.15, -0.1) is 12.4 Å². The SMILES string of the molecule is Cc1c(Cl)ccc2sc(N(CCCn3ccnc3)C(=O)COc3ccccc3)nc12.Cl. The second-order valence-corrected chi connectivity index (χ2v) is 8.23. The van der Waals surface area contributed by atoms with Gasteiger partial charge in [0.05, 0.1) is 16.5 Å². The van der Waals surface area contributed by atoms with Crippen molar-refractivity contribution in [3.8, 4) is 5.75 Å². The lowest BCUT2D eigenvalue weighted by molar-refractivity contribution is -0.120. The molecule has 162 valence electrons. The molecule has 4 rings (SSSR count). The summed E-state index contributed by atoms with van der Waals surface area (Å²) >= 11 is 7.74. The summed E-state index contributed by atoms with van der Waals surface area (Å²) in [6.45, 7) is 3.18. The summed E-state index contributed by atoms with van der Waals surface area (Å²) < 4.78 is 8.68. The summed E-state index contributed by atoms with van der Waals surface area (Å²) in [6, 6.07) is 13.1. The van der Waals surface area contributed by atoms with Crippen LogP contribution < -0.4 is 9.64 Å². The lowest BCUT2D eigenvalue weighted by Crippen LogP contribution is -2.36. The fourth-order valence-corrected chi connectivity index (χ4v) is 4.32. The summed E-state index contributed by atoms with van der Waals surface area (Å²) in [5.41, 5.74) is 1.75. The van der Waals surface area contributed by atoms with Gasteiger partial charge in [0.2, 0.25) is 0 Å². The highest BCUT2D eigenvalue weighted by atomic mass is 35.5. The molecule has 0 radical (unpaired) electrons. The summed E-state index contributed by atoms with van der Waals surface area (Å²) in [5.74, 6) is 0.531. The van der Waals surface area contributed by atoms with E-state index < -0.39 is 0 Å². The number of ether oxygens (including phenoxy) is 1.